The number of carboxylic acids is 1. The van der Waals surface area contributed by atoms with Crippen LogP contribution in [0.4, 0.5) is 4.39 Å². The summed E-state index contributed by atoms with van der Waals surface area (Å²) in [5, 5.41) is 10.1. The molecule has 0 saturated carbocycles. The number of aliphatic imine (C=N–C) groups is 1. The van der Waals surface area contributed by atoms with E-state index in [9.17, 15) is 19.1 Å². The number of dihydropyridines is 1. The Morgan fingerprint density at radius 1 is 1.22 bits per heavy atom. The Kier molecular flexibility index (Phi) is 7.36. The van der Waals surface area contributed by atoms with Gasteiger partial charge in [-0.05, 0) is 29.7 Å². The number of hydrogen-bond donors (Lipinski definition) is 1. The number of carbonyl (C=O) groups is 2. The number of carboxylic acid groups (broad SMARTS) is 1. The Labute approximate surface area is 164 Å². The third-order valence-corrected chi connectivity index (χ3v) is 5.75. The van der Waals surface area contributed by atoms with Gasteiger partial charge in [0.05, 0.1) is 18.4 Å². The van der Waals surface area contributed by atoms with Gasteiger partial charge in [0.15, 0.2) is 0 Å². The SMILES string of the molecule is CCSC(=O)C1=C(CC)C(CCF)(C(=O)O)C(c2ccccc2)=NC1CC. The Bertz CT molecular complexity index is 760. The maximum atomic E-state index is 13.6. The second-order valence-electron chi connectivity index (χ2n) is 6.38. The fourth-order valence-electron chi connectivity index (χ4n) is 3.83. The zero-order valence-corrected chi connectivity index (χ0v) is 16.8. The lowest BCUT2D eigenvalue weighted by atomic mass is 9.66. The van der Waals surface area contributed by atoms with E-state index in [4.69, 9.17) is 4.99 Å². The molecule has 1 aliphatic heterocycles. The summed E-state index contributed by atoms with van der Waals surface area (Å²) in [5.41, 5.74) is 0.347. The number of rotatable bonds is 8. The molecule has 0 spiro atoms. The van der Waals surface area contributed by atoms with E-state index in [0.717, 1.165) is 11.8 Å². The highest BCUT2D eigenvalue weighted by molar-refractivity contribution is 8.14. The van der Waals surface area contributed by atoms with Gasteiger partial charge in [0.25, 0.3) is 0 Å². The Balaban J connectivity index is 2.82. The Morgan fingerprint density at radius 2 is 1.89 bits per heavy atom. The maximum Gasteiger partial charge on any atom is 0.320 e. The third kappa shape index (κ3) is 3.86. The topological polar surface area (TPSA) is 66.7 Å². The van der Waals surface area contributed by atoms with Crippen LogP contribution in [-0.4, -0.2) is 40.4 Å². The molecule has 1 aromatic rings. The van der Waals surface area contributed by atoms with Crippen molar-refractivity contribution >= 4 is 28.6 Å². The van der Waals surface area contributed by atoms with Gasteiger partial charge in [-0.1, -0.05) is 62.9 Å². The highest BCUT2D eigenvalue weighted by Gasteiger charge is 2.51. The molecule has 1 aliphatic rings. The van der Waals surface area contributed by atoms with Gasteiger partial charge in [-0.3, -0.25) is 19.0 Å². The van der Waals surface area contributed by atoms with Crippen molar-refractivity contribution < 1.29 is 19.1 Å². The standard InChI is InChI=1S/C21H26FNO3S/c1-4-15-17(19(24)27-6-3)16(5-2)23-18(14-10-8-7-9-11-14)21(15,12-13-22)20(25)26/h7-11,16H,4-6,12-13H2,1-3H3,(H,25,26). The zero-order chi connectivity index (χ0) is 20.0. The van der Waals surface area contributed by atoms with Crippen molar-refractivity contribution in [3.63, 3.8) is 0 Å². The number of alkyl halides is 1. The number of nitrogens with zero attached hydrogens (tertiary/aromatic N) is 1. The molecule has 6 heteroatoms. The van der Waals surface area contributed by atoms with Crippen LogP contribution >= 0.6 is 11.8 Å². The number of hydrogen-bond acceptors (Lipinski definition) is 4. The molecule has 0 saturated heterocycles. The fraction of sp³-hybridized carbons (Fsp3) is 0.476. The van der Waals surface area contributed by atoms with Crippen LogP contribution in [0.5, 0.6) is 0 Å². The highest BCUT2D eigenvalue weighted by Crippen LogP contribution is 2.46. The molecule has 1 heterocycles. The van der Waals surface area contributed by atoms with Gasteiger partial charge < -0.3 is 5.11 Å². The average molecular weight is 392 g/mol. The minimum Gasteiger partial charge on any atom is -0.480 e. The van der Waals surface area contributed by atoms with Crippen LogP contribution in [0, 0.1) is 5.41 Å². The summed E-state index contributed by atoms with van der Waals surface area (Å²) < 4.78 is 13.6. The Hall–Kier alpha value is -1.95. The van der Waals surface area contributed by atoms with Crippen LogP contribution in [0.25, 0.3) is 0 Å². The molecule has 1 N–H and O–H groups in total. The van der Waals surface area contributed by atoms with E-state index >= 15 is 0 Å². The fourth-order valence-corrected chi connectivity index (χ4v) is 4.50. The van der Waals surface area contributed by atoms with Gasteiger partial charge in [0, 0.05) is 12.0 Å². The number of benzene rings is 1. The van der Waals surface area contributed by atoms with Crippen molar-refractivity contribution in [1.29, 1.82) is 0 Å². The van der Waals surface area contributed by atoms with E-state index in [-0.39, 0.29) is 11.5 Å². The molecule has 2 atom stereocenters. The summed E-state index contributed by atoms with van der Waals surface area (Å²) >= 11 is 1.15. The average Bonchev–Trinajstić information content (AvgIpc) is 2.67. The molecule has 0 aromatic heterocycles. The molecule has 0 aliphatic carbocycles. The molecule has 4 nitrogen and oxygen atoms in total. The molecular weight excluding hydrogens is 365 g/mol. The molecule has 2 unspecified atom stereocenters. The van der Waals surface area contributed by atoms with E-state index in [1.165, 1.54) is 0 Å². The summed E-state index contributed by atoms with van der Waals surface area (Å²) in [5.74, 6) is -0.560. The van der Waals surface area contributed by atoms with Crippen LogP contribution in [0.15, 0.2) is 46.5 Å². The second-order valence-corrected chi connectivity index (χ2v) is 7.62. The first kappa shape index (κ1) is 21.4. The summed E-state index contributed by atoms with van der Waals surface area (Å²) in [4.78, 5) is 30.1. The summed E-state index contributed by atoms with van der Waals surface area (Å²) in [6.45, 7) is 4.83. The van der Waals surface area contributed by atoms with E-state index in [1.807, 2.05) is 39.0 Å². The van der Waals surface area contributed by atoms with Crippen molar-refractivity contribution in [3.8, 4) is 0 Å². The normalized spacial score (nSPS) is 22.5. The predicted molar refractivity (Wildman–Crippen MR) is 108 cm³/mol. The number of carbonyl (C=O) groups excluding carboxylic acids is 1. The third-order valence-electron chi connectivity index (χ3n) is 4.98. The number of aliphatic carboxylic acids is 1. The first-order valence-corrected chi connectivity index (χ1v) is 10.3. The van der Waals surface area contributed by atoms with E-state index in [0.29, 0.717) is 41.0 Å². The van der Waals surface area contributed by atoms with E-state index < -0.39 is 24.1 Å². The van der Waals surface area contributed by atoms with Crippen LogP contribution < -0.4 is 0 Å². The van der Waals surface area contributed by atoms with E-state index in [2.05, 4.69) is 0 Å². The second kappa shape index (κ2) is 9.31. The molecular formula is C21H26FNO3S. The van der Waals surface area contributed by atoms with Gasteiger partial charge >= 0.3 is 5.97 Å². The lowest BCUT2D eigenvalue weighted by Gasteiger charge is -2.39. The number of halogens is 1. The van der Waals surface area contributed by atoms with Gasteiger partial charge in [-0.25, -0.2) is 0 Å². The van der Waals surface area contributed by atoms with Crippen molar-refractivity contribution in [2.24, 2.45) is 10.4 Å². The lowest BCUT2D eigenvalue weighted by molar-refractivity contribution is -0.143. The van der Waals surface area contributed by atoms with Gasteiger partial charge in [0.1, 0.15) is 5.41 Å². The first-order valence-electron chi connectivity index (χ1n) is 9.31. The van der Waals surface area contributed by atoms with Gasteiger partial charge in [0.2, 0.25) is 5.12 Å². The highest BCUT2D eigenvalue weighted by atomic mass is 32.2. The predicted octanol–water partition coefficient (Wildman–Crippen LogP) is 4.68. The van der Waals surface area contributed by atoms with Crippen LogP contribution in [0.1, 0.15) is 45.6 Å². The number of thioether (sulfide) groups is 1. The van der Waals surface area contributed by atoms with Crippen LogP contribution in [0.2, 0.25) is 0 Å². The van der Waals surface area contributed by atoms with Crippen molar-refractivity contribution in [3.05, 3.63) is 47.0 Å². The minimum atomic E-state index is -1.62. The Morgan fingerprint density at radius 3 is 2.37 bits per heavy atom. The largest absolute Gasteiger partial charge is 0.480 e. The monoisotopic (exact) mass is 391 g/mol. The smallest absolute Gasteiger partial charge is 0.320 e. The van der Waals surface area contributed by atoms with Gasteiger partial charge in [-0.2, -0.15) is 0 Å². The molecule has 0 fully saturated rings. The minimum absolute atomic E-state index is 0.151. The van der Waals surface area contributed by atoms with Crippen molar-refractivity contribution in [1.82, 2.24) is 0 Å². The van der Waals surface area contributed by atoms with Crippen LogP contribution in [-0.2, 0) is 9.59 Å². The molecule has 1 aromatic carbocycles. The van der Waals surface area contributed by atoms with Gasteiger partial charge in [-0.15, -0.1) is 0 Å². The quantitative estimate of drug-likeness (QED) is 0.698. The lowest BCUT2D eigenvalue weighted by Crippen LogP contribution is -2.47. The van der Waals surface area contributed by atoms with Crippen molar-refractivity contribution in [2.45, 2.75) is 46.1 Å². The van der Waals surface area contributed by atoms with Crippen LogP contribution in [0.3, 0.4) is 0 Å². The zero-order valence-electron chi connectivity index (χ0n) is 16.0. The summed E-state index contributed by atoms with van der Waals surface area (Å²) in [7, 11) is 0. The molecule has 0 radical (unpaired) electrons. The molecule has 2 rings (SSSR count). The molecule has 0 amide bonds. The molecule has 27 heavy (non-hydrogen) atoms. The maximum absolute atomic E-state index is 13.6. The van der Waals surface area contributed by atoms with Crippen molar-refractivity contribution in [2.75, 3.05) is 12.4 Å². The molecule has 0 bridgehead atoms. The summed E-state index contributed by atoms with van der Waals surface area (Å²) in [6, 6.07) is 8.64. The first-order chi connectivity index (χ1) is 13.0. The summed E-state index contributed by atoms with van der Waals surface area (Å²) in [6.07, 6.45) is 0.708. The molecule has 146 valence electrons. The van der Waals surface area contributed by atoms with E-state index in [1.54, 1.807) is 12.1 Å².